The van der Waals surface area contributed by atoms with Gasteiger partial charge in [-0.05, 0) is 37.4 Å². The monoisotopic (exact) mass is 275 g/mol. The molecule has 1 aromatic rings. The Morgan fingerprint density at radius 3 is 3.16 bits per heavy atom. The van der Waals surface area contributed by atoms with Crippen LogP contribution in [0.25, 0.3) is 0 Å². The van der Waals surface area contributed by atoms with Crippen LogP contribution in [0.15, 0.2) is 24.3 Å². The number of nitrogens with one attached hydrogen (secondary N) is 1. The molecule has 1 fully saturated rings. The summed E-state index contributed by atoms with van der Waals surface area (Å²) < 4.78 is 0. The molecule has 1 unspecified atom stereocenters. The van der Waals surface area contributed by atoms with E-state index in [0.717, 1.165) is 12.2 Å². The molecular formula is C14H17N3OS. The van der Waals surface area contributed by atoms with Crippen molar-refractivity contribution in [1.29, 1.82) is 5.26 Å². The van der Waals surface area contributed by atoms with Crippen molar-refractivity contribution in [2.45, 2.75) is 12.5 Å². The Morgan fingerprint density at radius 2 is 2.47 bits per heavy atom. The molecule has 1 aliphatic rings. The molecule has 1 atom stereocenters. The summed E-state index contributed by atoms with van der Waals surface area (Å²) in [5, 5.41) is 11.6. The van der Waals surface area contributed by atoms with Crippen molar-refractivity contribution in [3.8, 4) is 6.07 Å². The van der Waals surface area contributed by atoms with Crippen LogP contribution in [0.1, 0.15) is 12.0 Å². The summed E-state index contributed by atoms with van der Waals surface area (Å²) in [6.07, 6.45) is 1.15. The van der Waals surface area contributed by atoms with Gasteiger partial charge in [-0.25, -0.2) is 0 Å². The molecule has 0 aromatic heterocycles. The number of rotatable bonds is 4. The first kappa shape index (κ1) is 13.9. The SMILES string of the molecule is CN(CC(=O)Nc1cccc(C#N)c1)C1CCSC1. The van der Waals surface area contributed by atoms with E-state index in [-0.39, 0.29) is 5.91 Å². The van der Waals surface area contributed by atoms with Crippen molar-refractivity contribution in [1.82, 2.24) is 4.90 Å². The Bertz CT molecular complexity index is 492. The molecule has 1 aromatic carbocycles. The summed E-state index contributed by atoms with van der Waals surface area (Å²) in [5.41, 5.74) is 1.23. The second-order valence-electron chi connectivity index (χ2n) is 4.67. The van der Waals surface area contributed by atoms with Crippen molar-refractivity contribution < 1.29 is 4.79 Å². The number of hydrogen-bond donors (Lipinski definition) is 1. The minimum absolute atomic E-state index is 0.0329. The van der Waals surface area contributed by atoms with E-state index in [0.29, 0.717) is 23.8 Å². The van der Waals surface area contributed by atoms with Crippen LogP contribution in [0.5, 0.6) is 0 Å². The number of nitriles is 1. The molecule has 4 nitrogen and oxygen atoms in total. The summed E-state index contributed by atoms with van der Waals surface area (Å²) >= 11 is 1.94. The number of nitrogens with zero attached hydrogens (tertiary/aromatic N) is 2. The van der Waals surface area contributed by atoms with Gasteiger partial charge in [0, 0.05) is 17.5 Å². The summed E-state index contributed by atoms with van der Waals surface area (Å²) in [4.78, 5) is 14.0. The molecule has 100 valence electrons. The Kier molecular flexibility index (Phi) is 4.83. The van der Waals surface area contributed by atoms with Gasteiger partial charge >= 0.3 is 0 Å². The summed E-state index contributed by atoms with van der Waals surface area (Å²) in [5.74, 6) is 2.25. The molecule has 0 spiro atoms. The number of hydrogen-bond acceptors (Lipinski definition) is 4. The summed E-state index contributed by atoms with van der Waals surface area (Å²) in [6.45, 7) is 0.391. The molecule has 5 heteroatoms. The molecule has 0 aliphatic carbocycles. The first-order valence-electron chi connectivity index (χ1n) is 6.27. The van der Waals surface area contributed by atoms with Crippen molar-refractivity contribution in [3.63, 3.8) is 0 Å². The summed E-state index contributed by atoms with van der Waals surface area (Å²) in [6, 6.07) is 9.53. The predicted octanol–water partition coefficient (Wildman–Crippen LogP) is 1.93. The third kappa shape index (κ3) is 3.98. The number of likely N-dealkylation sites (N-methyl/N-ethyl adjacent to an activating group) is 1. The van der Waals surface area contributed by atoms with Crippen LogP contribution in [0, 0.1) is 11.3 Å². The van der Waals surface area contributed by atoms with Crippen molar-refractivity contribution >= 4 is 23.4 Å². The van der Waals surface area contributed by atoms with Gasteiger partial charge in [0.2, 0.25) is 5.91 Å². The first-order valence-corrected chi connectivity index (χ1v) is 7.42. The Balaban J connectivity index is 1.88. The van der Waals surface area contributed by atoms with Crippen LogP contribution in [0.4, 0.5) is 5.69 Å². The predicted molar refractivity (Wildman–Crippen MR) is 78.1 cm³/mol. The molecule has 0 bridgehead atoms. The highest BCUT2D eigenvalue weighted by atomic mass is 32.2. The zero-order chi connectivity index (χ0) is 13.7. The lowest BCUT2D eigenvalue weighted by Gasteiger charge is -2.22. The third-order valence-electron chi connectivity index (χ3n) is 3.20. The number of thioether (sulfide) groups is 1. The first-order chi connectivity index (χ1) is 9.19. The number of benzene rings is 1. The van der Waals surface area contributed by atoms with Crippen LogP contribution < -0.4 is 5.32 Å². The van der Waals surface area contributed by atoms with Gasteiger partial charge < -0.3 is 5.32 Å². The van der Waals surface area contributed by atoms with Crippen LogP contribution in [-0.4, -0.2) is 41.9 Å². The van der Waals surface area contributed by atoms with E-state index in [4.69, 9.17) is 5.26 Å². The standard InChI is InChI=1S/C14H17N3OS/c1-17(13-5-6-19-10-13)9-14(18)16-12-4-2-3-11(7-12)8-15/h2-4,7,13H,5-6,9-10H2,1H3,(H,16,18). The highest BCUT2D eigenvalue weighted by molar-refractivity contribution is 7.99. The van der Waals surface area contributed by atoms with E-state index in [9.17, 15) is 4.79 Å². The molecule has 0 saturated carbocycles. The minimum atomic E-state index is -0.0329. The van der Waals surface area contributed by atoms with Crippen molar-refractivity contribution in [2.75, 3.05) is 30.4 Å². The molecule has 1 amide bonds. The fourth-order valence-electron chi connectivity index (χ4n) is 2.09. The fourth-order valence-corrected chi connectivity index (χ4v) is 3.39. The van der Waals surface area contributed by atoms with E-state index in [2.05, 4.69) is 16.3 Å². The molecule has 1 heterocycles. The van der Waals surface area contributed by atoms with Gasteiger partial charge in [0.25, 0.3) is 0 Å². The van der Waals surface area contributed by atoms with Crippen molar-refractivity contribution in [3.05, 3.63) is 29.8 Å². The normalized spacial score (nSPS) is 18.3. The third-order valence-corrected chi connectivity index (χ3v) is 4.34. The average Bonchev–Trinajstić information content (AvgIpc) is 2.92. The van der Waals surface area contributed by atoms with Gasteiger partial charge in [-0.15, -0.1) is 0 Å². The lowest BCUT2D eigenvalue weighted by Crippen LogP contribution is -2.37. The molecule has 2 rings (SSSR count). The lowest BCUT2D eigenvalue weighted by atomic mass is 10.2. The highest BCUT2D eigenvalue weighted by Crippen LogP contribution is 2.21. The molecule has 1 aliphatic heterocycles. The molecule has 1 N–H and O–H groups in total. The van der Waals surface area contributed by atoms with Crippen LogP contribution in [-0.2, 0) is 4.79 Å². The number of amides is 1. The van der Waals surface area contributed by atoms with E-state index in [1.165, 1.54) is 5.75 Å². The van der Waals surface area contributed by atoms with E-state index in [1.807, 2.05) is 18.8 Å². The van der Waals surface area contributed by atoms with Gasteiger partial charge in [0.05, 0.1) is 18.2 Å². The van der Waals surface area contributed by atoms with Gasteiger partial charge in [-0.2, -0.15) is 17.0 Å². The maximum absolute atomic E-state index is 11.9. The minimum Gasteiger partial charge on any atom is -0.325 e. The Morgan fingerprint density at radius 1 is 1.63 bits per heavy atom. The lowest BCUT2D eigenvalue weighted by molar-refractivity contribution is -0.117. The molecule has 19 heavy (non-hydrogen) atoms. The van der Waals surface area contributed by atoms with Gasteiger partial charge in [-0.3, -0.25) is 9.69 Å². The van der Waals surface area contributed by atoms with Crippen molar-refractivity contribution in [2.24, 2.45) is 0 Å². The van der Waals surface area contributed by atoms with Crippen LogP contribution >= 0.6 is 11.8 Å². The highest BCUT2D eigenvalue weighted by Gasteiger charge is 2.21. The average molecular weight is 275 g/mol. The zero-order valence-corrected chi connectivity index (χ0v) is 11.7. The van der Waals surface area contributed by atoms with Crippen LogP contribution in [0.3, 0.4) is 0 Å². The number of carbonyl (C=O) groups excluding carboxylic acids is 1. The second kappa shape index (κ2) is 6.60. The fraction of sp³-hybridized carbons (Fsp3) is 0.429. The maximum atomic E-state index is 11.9. The molecule has 0 radical (unpaired) electrons. The van der Waals surface area contributed by atoms with Gasteiger partial charge in [0.1, 0.15) is 0 Å². The van der Waals surface area contributed by atoms with E-state index >= 15 is 0 Å². The van der Waals surface area contributed by atoms with Crippen LogP contribution in [0.2, 0.25) is 0 Å². The van der Waals surface area contributed by atoms with E-state index < -0.39 is 0 Å². The topological polar surface area (TPSA) is 56.1 Å². The second-order valence-corrected chi connectivity index (χ2v) is 5.82. The Hall–Kier alpha value is -1.51. The zero-order valence-electron chi connectivity index (χ0n) is 10.9. The molecular weight excluding hydrogens is 258 g/mol. The Labute approximate surface area is 117 Å². The smallest absolute Gasteiger partial charge is 0.238 e. The summed E-state index contributed by atoms with van der Waals surface area (Å²) in [7, 11) is 1.99. The largest absolute Gasteiger partial charge is 0.325 e. The molecule has 1 saturated heterocycles. The van der Waals surface area contributed by atoms with Gasteiger partial charge in [-0.1, -0.05) is 6.07 Å². The maximum Gasteiger partial charge on any atom is 0.238 e. The van der Waals surface area contributed by atoms with Gasteiger partial charge in [0.15, 0.2) is 0 Å². The number of carbonyl (C=O) groups is 1. The number of anilines is 1. The van der Waals surface area contributed by atoms with E-state index in [1.54, 1.807) is 24.3 Å². The quantitative estimate of drug-likeness (QED) is 0.912.